The Labute approximate surface area is 171 Å². The fourth-order valence-electron chi connectivity index (χ4n) is 3.01. The fourth-order valence-corrected chi connectivity index (χ4v) is 3.01. The summed E-state index contributed by atoms with van der Waals surface area (Å²) in [6.07, 6.45) is 2.78. The molecule has 0 aliphatic heterocycles. The summed E-state index contributed by atoms with van der Waals surface area (Å²) in [4.78, 5) is 28.2. The van der Waals surface area contributed by atoms with E-state index in [2.05, 4.69) is 15.2 Å². The summed E-state index contributed by atoms with van der Waals surface area (Å²) >= 11 is 0. The van der Waals surface area contributed by atoms with E-state index in [9.17, 15) is 14.7 Å². The van der Waals surface area contributed by atoms with E-state index in [4.69, 9.17) is 4.42 Å². The van der Waals surface area contributed by atoms with Crippen molar-refractivity contribution in [3.8, 4) is 5.88 Å². The Bertz CT molecular complexity index is 1250. The predicted molar refractivity (Wildman–Crippen MR) is 112 cm³/mol. The van der Waals surface area contributed by atoms with Crippen molar-refractivity contribution in [1.29, 1.82) is 0 Å². The zero-order chi connectivity index (χ0) is 20.9. The molecule has 0 unspecified atom stereocenters. The zero-order valence-corrected chi connectivity index (χ0v) is 15.8. The lowest BCUT2D eigenvalue weighted by molar-refractivity contribution is -0.114. The highest BCUT2D eigenvalue weighted by atomic mass is 16.3. The lowest BCUT2D eigenvalue weighted by Crippen LogP contribution is -2.06. The monoisotopic (exact) mass is 399 g/mol. The molecule has 148 valence electrons. The highest BCUT2D eigenvalue weighted by molar-refractivity contribution is 6.07. The molecule has 2 aromatic heterocycles. The van der Waals surface area contributed by atoms with Crippen LogP contribution in [0.25, 0.3) is 17.0 Å². The highest BCUT2D eigenvalue weighted by Gasteiger charge is 2.17. The van der Waals surface area contributed by atoms with E-state index in [-0.39, 0.29) is 29.3 Å². The summed E-state index contributed by atoms with van der Waals surface area (Å²) in [5.41, 5.74) is 1.44. The van der Waals surface area contributed by atoms with Gasteiger partial charge >= 0.3 is 0 Å². The largest absolute Gasteiger partial charge is 0.493 e. The van der Waals surface area contributed by atoms with Crippen molar-refractivity contribution < 1.29 is 19.1 Å². The first-order valence-corrected chi connectivity index (χ1v) is 9.20. The lowest BCUT2D eigenvalue weighted by atomic mass is 10.0. The number of benzene rings is 2. The summed E-state index contributed by atoms with van der Waals surface area (Å²) in [5, 5.41) is 18.4. The van der Waals surface area contributed by atoms with Gasteiger partial charge in [-0.25, -0.2) is 0 Å². The van der Waals surface area contributed by atoms with Gasteiger partial charge in [-0.2, -0.15) is 0 Å². The van der Waals surface area contributed by atoms with Crippen molar-refractivity contribution in [2.24, 2.45) is 10.2 Å². The molecule has 2 aromatic carbocycles. The maximum atomic E-state index is 12.8. The van der Waals surface area contributed by atoms with Crippen LogP contribution in [0.1, 0.15) is 22.5 Å². The lowest BCUT2D eigenvalue weighted by Gasteiger charge is -2.03. The molecule has 0 aliphatic rings. The number of amides is 1. The van der Waals surface area contributed by atoms with Gasteiger partial charge < -0.3 is 14.5 Å². The average molecular weight is 399 g/mol. The molecule has 7 heteroatoms. The van der Waals surface area contributed by atoms with Crippen molar-refractivity contribution in [2.75, 3.05) is 0 Å². The number of aromatic hydroxyl groups is 1. The first-order valence-electron chi connectivity index (χ1n) is 9.20. The standard InChI is InChI=1S/C23H17N3O4/c27-20(15-7-2-1-3-8-15)14-16(13-17-9-6-12-30-17)22(28)26-25-21-18-10-4-5-11-19(18)24-23(21)29/h1-13,24,29H,14H2/b16-13+,26-25?. The van der Waals surface area contributed by atoms with Crippen molar-refractivity contribution in [1.82, 2.24) is 4.98 Å². The number of nitrogens with one attached hydrogen (secondary N) is 1. The Hall–Kier alpha value is -4.26. The molecule has 0 bridgehead atoms. The molecule has 2 heterocycles. The number of Topliss-reactive ketones (excluding diaryl/α,β-unsaturated/α-hetero) is 1. The summed E-state index contributed by atoms with van der Waals surface area (Å²) in [6.45, 7) is 0. The van der Waals surface area contributed by atoms with Crippen LogP contribution in [-0.2, 0) is 4.79 Å². The minimum atomic E-state index is -0.694. The molecule has 0 saturated heterocycles. The maximum Gasteiger partial charge on any atom is 0.291 e. The number of furan rings is 1. The second-order valence-corrected chi connectivity index (χ2v) is 6.52. The number of H-pyrrole nitrogens is 1. The van der Waals surface area contributed by atoms with Gasteiger partial charge in [0.05, 0.1) is 11.8 Å². The average Bonchev–Trinajstić information content (AvgIpc) is 3.39. The number of hydrogen-bond donors (Lipinski definition) is 2. The van der Waals surface area contributed by atoms with Crippen LogP contribution in [0.4, 0.5) is 5.69 Å². The number of azo groups is 1. The molecule has 4 aromatic rings. The molecule has 0 fully saturated rings. The quantitative estimate of drug-likeness (QED) is 0.256. The third-order valence-corrected chi connectivity index (χ3v) is 4.48. The van der Waals surface area contributed by atoms with Gasteiger partial charge in [-0.1, -0.05) is 48.5 Å². The van der Waals surface area contributed by atoms with E-state index in [1.165, 1.54) is 12.3 Å². The number of aromatic nitrogens is 1. The van der Waals surface area contributed by atoms with E-state index < -0.39 is 5.91 Å². The molecular formula is C23H17N3O4. The molecule has 0 atom stereocenters. The van der Waals surface area contributed by atoms with Crippen molar-refractivity contribution in [3.05, 3.63) is 89.9 Å². The zero-order valence-electron chi connectivity index (χ0n) is 15.8. The number of aromatic amines is 1. The van der Waals surface area contributed by atoms with Crippen molar-refractivity contribution in [2.45, 2.75) is 6.42 Å². The molecule has 1 amide bonds. The maximum absolute atomic E-state index is 12.8. The van der Waals surface area contributed by atoms with Crippen LogP contribution < -0.4 is 0 Å². The van der Waals surface area contributed by atoms with Crippen LogP contribution in [0.5, 0.6) is 5.88 Å². The number of nitrogens with zero attached hydrogens (tertiary/aromatic N) is 2. The van der Waals surface area contributed by atoms with Gasteiger partial charge in [0.15, 0.2) is 11.5 Å². The van der Waals surface area contributed by atoms with E-state index >= 15 is 0 Å². The Kier molecular flexibility index (Phi) is 5.34. The number of ketones is 1. The third kappa shape index (κ3) is 4.10. The third-order valence-electron chi connectivity index (χ3n) is 4.48. The molecule has 30 heavy (non-hydrogen) atoms. The number of carbonyl (C=O) groups excluding carboxylic acids is 2. The normalized spacial score (nSPS) is 11.9. The van der Waals surface area contributed by atoms with Gasteiger partial charge in [-0.05, 0) is 24.3 Å². The Balaban J connectivity index is 1.63. The number of carbonyl (C=O) groups is 2. The van der Waals surface area contributed by atoms with Crippen LogP contribution >= 0.6 is 0 Å². The van der Waals surface area contributed by atoms with E-state index in [1.54, 1.807) is 54.6 Å². The summed E-state index contributed by atoms with van der Waals surface area (Å²) in [7, 11) is 0. The molecule has 4 rings (SSSR count). The summed E-state index contributed by atoms with van der Waals surface area (Å²) < 4.78 is 5.27. The molecule has 0 radical (unpaired) electrons. The second kappa shape index (κ2) is 8.40. The molecule has 0 saturated carbocycles. The first-order chi connectivity index (χ1) is 14.6. The number of para-hydroxylation sites is 1. The van der Waals surface area contributed by atoms with Gasteiger partial charge in [0.1, 0.15) is 5.76 Å². The molecule has 7 nitrogen and oxygen atoms in total. The SMILES string of the molecule is O=C(N=Nc1c(O)[nH]c2ccccc12)/C(=C/c1ccco1)CC(=O)c1ccccc1. The van der Waals surface area contributed by atoms with Crippen LogP contribution in [0, 0.1) is 0 Å². The summed E-state index contributed by atoms with van der Waals surface area (Å²) in [6, 6.07) is 19.2. The molecular weight excluding hydrogens is 382 g/mol. The fraction of sp³-hybridized carbons (Fsp3) is 0.0435. The Morgan fingerprint density at radius 1 is 1.00 bits per heavy atom. The van der Waals surface area contributed by atoms with Crippen LogP contribution in [0.15, 0.2) is 93.2 Å². The highest BCUT2D eigenvalue weighted by Crippen LogP contribution is 2.35. The van der Waals surface area contributed by atoms with Crippen molar-refractivity contribution >= 4 is 34.4 Å². The second-order valence-electron chi connectivity index (χ2n) is 6.52. The summed E-state index contributed by atoms with van der Waals surface area (Å²) in [5.74, 6) is -0.693. The van der Waals surface area contributed by atoms with Crippen LogP contribution in [0.2, 0.25) is 0 Å². The van der Waals surface area contributed by atoms with Gasteiger partial charge in [0.25, 0.3) is 5.91 Å². The van der Waals surface area contributed by atoms with Gasteiger partial charge in [0.2, 0.25) is 5.88 Å². The van der Waals surface area contributed by atoms with Crippen LogP contribution in [-0.4, -0.2) is 21.8 Å². The van der Waals surface area contributed by atoms with Crippen molar-refractivity contribution in [3.63, 3.8) is 0 Å². The minimum Gasteiger partial charge on any atom is -0.493 e. The van der Waals surface area contributed by atoms with E-state index in [0.717, 1.165) is 0 Å². The predicted octanol–water partition coefficient (Wildman–Crippen LogP) is 5.43. The number of rotatable bonds is 6. The number of hydrogen-bond acceptors (Lipinski definition) is 5. The smallest absolute Gasteiger partial charge is 0.291 e. The van der Waals surface area contributed by atoms with Crippen LogP contribution in [0.3, 0.4) is 0 Å². The van der Waals surface area contributed by atoms with Gasteiger partial charge in [-0.15, -0.1) is 10.2 Å². The van der Waals surface area contributed by atoms with Gasteiger partial charge in [0, 0.05) is 22.9 Å². The molecule has 0 aliphatic carbocycles. The molecule has 0 spiro atoms. The van der Waals surface area contributed by atoms with E-state index in [1.807, 2.05) is 12.1 Å². The first kappa shape index (κ1) is 19.1. The molecule has 2 N–H and O–H groups in total. The topological polar surface area (TPSA) is 108 Å². The Morgan fingerprint density at radius 3 is 2.53 bits per heavy atom. The number of fused-ring (bicyclic) bond motifs is 1. The van der Waals surface area contributed by atoms with E-state index in [0.29, 0.717) is 22.2 Å². The van der Waals surface area contributed by atoms with Gasteiger partial charge in [-0.3, -0.25) is 9.59 Å². The Morgan fingerprint density at radius 2 is 1.77 bits per heavy atom. The minimum absolute atomic E-state index is 0.127.